The molecule has 0 aliphatic heterocycles. The number of amides is 2. The minimum absolute atomic E-state index is 0.0266. The van der Waals surface area contributed by atoms with E-state index in [-0.39, 0.29) is 22.1 Å². The summed E-state index contributed by atoms with van der Waals surface area (Å²) in [6, 6.07) is 6.78. The Morgan fingerprint density at radius 1 is 1.00 bits per heavy atom. The van der Waals surface area contributed by atoms with Gasteiger partial charge in [-0.3, -0.25) is 14.4 Å². The van der Waals surface area contributed by atoms with E-state index < -0.39 is 21.5 Å². The van der Waals surface area contributed by atoms with E-state index in [2.05, 4.69) is 5.32 Å². The number of carbonyl (C=O) groups excluding carboxylic acids is 2. The van der Waals surface area contributed by atoms with E-state index in [1.54, 1.807) is 4.90 Å². The number of anilines is 1. The molecule has 0 radical (unpaired) electrons. The summed E-state index contributed by atoms with van der Waals surface area (Å²) >= 11 is 0. The number of carbonyl (C=O) groups is 2. The van der Waals surface area contributed by atoms with Crippen LogP contribution in [0.25, 0.3) is 0 Å². The average molecular weight is 463 g/mol. The van der Waals surface area contributed by atoms with E-state index in [1.165, 1.54) is 62.2 Å². The first-order chi connectivity index (χ1) is 15.0. The molecule has 0 unspecified atom stereocenters. The molecule has 0 aliphatic rings. The lowest BCUT2D eigenvalue weighted by Crippen LogP contribution is -2.34. The van der Waals surface area contributed by atoms with Crippen molar-refractivity contribution in [3.63, 3.8) is 0 Å². The fraction of sp³-hybridized carbons (Fsp3) is 0.409. The van der Waals surface area contributed by atoms with Crippen molar-refractivity contribution in [1.29, 1.82) is 0 Å². The molecule has 2 amide bonds. The maximum absolute atomic E-state index is 12.9. The minimum Gasteiger partial charge on any atom is -0.339 e. The first kappa shape index (κ1) is 25.3. The van der Waals surface area contributed by atoms with Crippen molar-refractivity contribution in [1.82, 2.24) is 13.8 Å². The zero-order valence-corrected chi connectivity index (χ0v) is 19.9. The number of aryl methyl sites for hydroxylation is 1. The molecule has 9 nitrogen and oxygen atoms in total. The Hall–Kier alpha value is -2.98. The van der Waals surface area contributed by atoms with E-state index in [4.69, 9.17) is 0 Å². The second-order valence-corrected chi connectivity index (χ2v) is 9.77. The van der Waals surface area contributed by atoms with Crippen LogP contribution in [0.3, 0.4) is 0 Å². The van der Waals surface area contributed by atoms with Gasteiger partial charge in [-0.1, -0.05) is 13.8 Å². The highest BCUT2D eigenvalue weighted by molar-refractivity contribution is 7.89. The summed E-state index contributed by atoms with van der Waals surface area (Å²) in [5.41, 5.74) is -0.00247. The molecule has 1 aromatic heterocycles. The second kappa shape index (κ2) is 10.6. The standard InChI is InChI=1S/C22H30N4O5S/c1-6-12-26(13-7-2)21(28)17-14-19(22(29)25(5)15-17)23-20(27)16-8-10-18(11-9-16)32(30,31)24(3)4/h8-11,14-15H,6-7,12-13H2,1-5H3,(H,23,27). The highest BCUT2D eigenvalue weighted by Crippen LogP contribution is 2.16. The highest BCUT2D eigenvalue weighted by Gasteiger charge is 2.20. The van der Waals surface area contributed by atoms with Gasteiger partial charge in [0.05, 0.1) is 10.5 Å². The topological polar surface area (TPSA) is 109 Å². The van der Waals surface area contributed by atoms with Gasteiger partial charge in [0.2, 0.25) is 10.0 Å². The van der Waals surface area contributed by atoms with Crippen LogP contribution in [0, 0.1) is 0 Å². The van der Waals surface area contributed by atoms with Crippen molar-refractivity contribution in [3.05, 3.63) is 58.0 Å². The van der Waals surface area contributed by atoms with Crippen LogP contribution in [-0.2, 0) is 17.1 Å². The third-order valence-corrected chi connectivity index (χ3v) is 6.68. The van der Waals surface area contributed by atoms with Gasteiger partial charge >= 0.3 is 0 Å². The maximum Gasteiger partial charge on any atom is 0.274 e. The number of pyridine rings is 1. The zero-order chi connectivity index (χ0) is 24.1. The summed E-state index contributed by atoms with van der Waals surface area (Å²) in [6.45, 7) is 5.16. The molecule has 0 spiro atoms. The van der Waals surface area contributed by atoms with E-state index >= 15 is 0 Å². The number of nitrogens with one attached hydrogen (secondary N) is 1. The predicted octanol–water partition coefficient (Wildman–Crippen LogP) is 2.15. The Labute approximate surface area is 188 Å². The van der Waals surface area contributed by atoms with Crippen LogP contribution < -0.4 is 10.9 Å². The molecule has 0 saturated heterocycles. The normalized spacial score (nSPS) is 11.4. The van der Waals surface area contributed by atoms with Gasteiger partial charge in [-0.05, 0) is 43.2 Å². The molecule has 2 aromatic rings. The van der Waals surface area contributed by atoms with E-state index in [0.717, 1.165) is 17.1 Å². The molecule has 0 fully saturated rings. The fourth-order valence-electron chi connectivity index (χ4n) is 3.14. The van der Waals surface area contributed by atoms with Crippen molar-refractivity contribution < 1.29 is 18.0 Å². The minimum atomic E-state index is -3.62. The largest absolute Gasteiger partial charge is 0.339 e. The zero-order valence-electron chi connectivity index (χ0n) is 19.1. The van der Waals surface area contributed by atoms with Crippen molar-refractivity contribution in [2.45, 2.75) is 31.6 Å². The number of benzene rings is 1. The van der Waals surface area contributed by atoms with Crippen molar-refractivity contribution in [2.75, 3.05) is 32.5 Å². The third-order valence-electron chi connectivity index (χ3n) is 4.85. The number of nitrogens with zero attached hydrogens (tertiary/aromatic N) is 3. The smallest absolute Gasteiger partial charge is 0.274 e. The van der Waals surface area contributed by atoms with Crippen molar-refractivity contribution >= 4 is 27.5 Å². The summed E-state index contributed by atoms with van der Waals surface area (Å²) in [6.07, 6.45) is 3.07. The Kier molecular flexibility index (Phi) is 8.34. The molecular formula is C22H30N4O5S. The lowest BCUT2D eigenvalue weighted by Gasteiger charge is -2.22. The van der Waals surface area contributed by atoms with Gasteiger partial charge in [-0.2, -0.15) is 0 Å². The lowest BCUT2D eigenvalue weighted by atomic mass is 10.2. The van der Waals surface area contributed by atoms with Gasteiger partial charge in [0, 0.05) is 46.0 Å². The van der Waals surface area contributed by atoms with Gasteiger partial charge in [-0.15, -0.1) is 0 Å². The monoisotopic (exact) mass is 462 g/mol. The SMILES string of the molecule is CCCN(CCC)C(=O)c1cc(NC(=O)c2ccc(S(=O)(=O)N(C)C)cc2)c(=O)n(C)c1. The number of hydrogen-bond donors (Lipinski definition) is 1. The number of rotatable bonds is 9. The van der Waals surface area contributed by atoms with Crippen LogP contribution in [0.4, 0.5) is 5.69 Å². The molecule has 1 heterocycles. The second-order valence-electron chi connectivity index (χ2n) is 7.62. The molecule has 0 atom stereocenters. The summed E-state index contributed by atoms with van der Waals surface area (Å²) < 4.78 is 26.7. The summed E-state index contributed by atoms with van der Waals surface area (Å²) in [7, 11) is 0.734. The molecule has 0 aliphatic carbocycles. The Balaban J connectivity index is 2.32. The Morgan fingerprint density at radius 2 is 1.56 bits per heavy atom. The lowest BCUT2D eigenvalue weighted by molar-refractivity contribution is 0.0754. The van der Waals surface area contributed by atoms with E-state index in [1.807, 2.05) is 13.8 Å². The van der Waals surface area contributed by atoms with Crippen LogP contribution in [-0.4, -0.2) is 61.2 Å². The number of aromatic nitrogens is 1. The van der Waals surface area contributed by atoms with Gasteiger partial charge in [0.15, 0.2) is 0 Å². The molecule has 0 saturated carbocycles. The molecule has 1 N–H and O–H groups in total. The molecule has 0 bridgehead atoms. The molecule has 2 rings (SSSR count). The number of hydrogen-bond acceptors (Lipinski definition) is 5. The predicted molar refractivity (Wildman–Crippen MR) is 123 cm³/mol. The van der Waals surface area contributed by atoms with Gasteiger partial charge < -0.3 is 14.8 Å². The van der Waals surface area contributed by atoms with Crippen LogP contribution >= 0.6 is 0 Å². The first-order valence-electron chi connectivity index (χ1n) is 10.4. The average Bonchev–Trinajstić information content (AvgIpc) is 2.76. The molecule has 32 heavy (non-hydrogen) atoms. The number of sulfonamides is 1. The first-order valence-corrected chi connectivity index (χ1v) is 11.8. The molecule has 1 aromatic carbocycles. The summed E-state index contributed by atoms with van der Waals surface area (Å²) in [5.74, 6) is -0.794. The van der Waals surface area contributed by atoms with Crippen LogP contribution in [0.1, 0.15) is 47.4 Å². The Bertz CT molecular complexity index is 1130. The van der Waals surface area contributed by atoms with Crippen LogP contribution in [0.5, 0.6) is 0 Å². The highest BCUT2D eigenvalue weighted by atomic mass is 32.2. The quantitative estimate of drug-likeness (QED) is 0.614. The van der Waals surface area contributed by atoms with Crippen LogP contribution in [0.15, 0.2) is 46.2 Å². The van der Waals surface area contributed by atoms with Crippen LogP contribution in [0.2, 0.25) is 0 Å². The Morgan fingerprint density at radius 3 is 2.06 bits per heavy atom. The van der Waals surface area contributed by atoms with Gasteiger partial charge in [0.1, 0.15) is 5.69 Å². The molecular weight excluding hydrogens is 432 g/mol. The van der Waals surface area contributed by atoms with E-state index in [0.29, 0.717) is 18.7 Å². The van der Waals surface area contributed by atoms with Crippen molar-refractivity contribution in [3.8, 4) is 0 Å². The fourth-order valence-corrected chi connectivity index (χ4v) is 4.04. The molecule has 174 valence electrons. The van der Waals surface area contributed by atoms with Gasteiger partial charge in [-0.25, -0.2) is 12.7 Å². The maximum atomic E-state index is 12.9. The summed E-state index contributed by atoms with van der Waals surface area (Å²) in [5, 5.41) is 2.54. The van der Waals surface area contributed by atoms with Gasteiger partial charge in [0.25, 0.3) is 17.4 Å². The van der Waals surface area contributed by atoms with Crippen molar-refractivity contribution in [2.24, 2.45) is 7.05 Å². The van der Waals surface area contributed by atoms with E-state index in [9.17, 15) is 22.8 Å². The third kappa shape index (κ3) is 5.63. The summed E-state index contributed by atoms with van der Waals surface area (Å²) in [4.78, 5) is 39.9. The molecule has 10 heteroatoms.